The molecular formula is C16H9Cl3N4. The molecule has 0 unspecified atom stereocenters. The summed E-state index contributed by atoms with van der Waals surface area (Å²) in [4.78, 5) is 4.62. The van der Waals surface area contributed by atoms with Crippen molar-refractivity contribution in [2.24, 2.45) is 0 Å². The summed E-state index contributed by atoms with van der Waals surface area (Å²) >= 11 is 18.6. The predicted octanol–water partition coefficient (Wildman–Crippen LogP) is 5.21. The number of hydrogen-bond donors (Lipinski definition) is 0. The van der Waals surface area contributed by atoms with E-state index in [0.717, 1.165) is 22.3 Å². The Morgan fingerprint density at radius 2 is 1.65 bits per heavy atom. The van der Waals surface area contributed by atoms with Crippen molar-refractivity contribution in [1.82, 2.24) is 19.6 Å². The van der Waals surface area contributed by atoms with Crippen molar-refractivity contribution in [3.8, 4) is 11.4 Å². The van der Waals surface area contributed by atoms with Gasteiger partial charge in [-0.15, -0.1) is 10.2 Å². The minimum Gasteiger partial charge on any atom is -0.273 e. The minimum atomic E-state index is 0.563. The van der Waals surface area contributed by atoms with E-state index >= 15 is 0 Å². The molecule has 0 aliphatic rings. The molecule has 4 rings (SSSR count). The number of nitrogens with zero attached hydrogens (tertiary/aromatic N) is 4. The number of rotatable bonds is 1. The maximum Gasteiger partial charge on any atom is 0.183 e. The van der Waals surface area contributed by atoms with Crippen molar-refractivity contribution >= 4 is 51.5 Å². The Bertz CT molecular complexity index is 1070. The van der Waals surface area contributed by atoms with Gasteiger partial charge < -0.3 is 0 Å². The van der Waals surface area contributed by atoms with E-state index in [2.05, 4.69) is 15.2 Å². The fourth-order valence-corrected chi connectivity index (χ4v) is 3.12. The van der Waals surface area contributed by atoms with Gasteiger partial charge in [-0.05, 0) is 43.3 Å². The first-order valence-electron chi connectivity index (χ1n) is 6.81. The Morgan fingerprint density at radius 1 is 0.913 bits per heavy atom. The number of halogens is 3. The third-order valence-electron chi connectivity index (χ3n) is 3.62. The molecule has 4 aromatic rings. The lowest BCUT2D eigenvalue weighted by molar-refractivity contribution is 1.04. The van der Waals surface area contributed by atoms with Gasteiger partial charge in [0.2, 0.25) is 0 Å². The molecular weight excluding hydrogens is 355 g/mol. The first kappa shape index (κ1) is 14.7. The Morgan fingerprint density at radius 3 is 2.48 bits per heavy atom. The maximum absolute atomic E-state index is 6.35. The summed E-state index contributed by atoms with van der Waals surface area (Å²) in [5, 5.41) is 10.3. The van der Waals surface area contributed by atoms with E-state index in [4.69, 9.17) is 34.8 Å². The van der Waals surface area contributed by atoms with Crippen LogP contribution in [0.4, 0.5) is 0 Å². The third kappa shape index (κ3) is 2.34. The molecule has 23 heavy (non-hydrogen) atoms. The lowest BCUT2D eigenvalue weighted by atomic mass is 10.2. The van der Waals surface area contributed by atoms with Crippen LogP contribution >= 0.6 is 34.8 Å². The highest BCUT2D eigenvalue weighted by atomic mass is 35.5. The molecule has 0 N–H and O–H groups in total. The summed E-state index contributed by atoms with van der Waals surface area (Å²) in [6.45, 7) is 1.88. The molecule has 4 nitrogen and oxygen atoms in total. The second-order valence-electron chi connectivity index (χ2n) is 5.14. The van der Waals surface area contributed by atoms with Crippen molar-refractivity contribution < 1.29 is 0 Å². The molecule has 7 heteroatoms. The molecule has 0 bridgehead atoms. The average molecular weight is 364 g/mol. The maximum atomic E-state index is 6.35. The molecule has 114 valence electrons. The van der Waals surface area contributed by atoms with E-state index in [1.807, 2.05) is 23.5 Å². The topological polar surface area (TPSA) is 43.1 Å². The number of imidazole rings is 1. The van der Waals surface area contributed by atoms with Gasteiger partial charge in [0.15, 0.2) is 5.65 Å². The predicted molar refractivity (Wildman–Crippen MR) is 93.5 cm³/mol. The number of aryl methyl sites for hydroxylation is 1. The van der Waals surface area contributed by atoms with E-state index in [1.54, 1.807) is 24.3 Å². The van der Waals surface area contributed by atoms with Gasteiger partial charge in [-0.2, -0.15) is 0 Å². The van der Waals surface area contributed by atoms with Crippen LogP contribution in [0.3, 0.4) is 0 Å². The Hall–Kier alpha value is -1.88. The van der Waals surface area contributed by atoms with Gasteiger partial charge in [0.1, 0.15) is 11.3 Å². The summed E-state index contributed by atoms with van der Waals surface area (Å²) in [5.74, 6) is 0.659. The molecule has 0 amide bonds. The van der Waals surface area contributed by atoms with Crippen LogP contribution in [0.15, 0.2) is 36.4 Å². The number of benzene rings is 2. The number of aromatic nitrogens is 4. The summed E-state index contributed by atoms with van der Waals surface area (Å²) in [6.07, 6.45) is 0. The summed E-state index contributed by atoms with van der Waals surface area (Å²) in [5.41, 5.74) is 3.68. The van der Waals surface area contributed by atoms with Crippen LogP contribution in [-0.4, -0.2) is 19.6 Å². The molecule has 2 aromatic heterocycles. The molecule has 0 aliphatic carbocycles. The highest BCUT2D eigenvalue weighted by Crippen LogP contribution is 2.32. The molecule has 0 spiro atoms. The zero-order chi connectivity index (χ0) is 16.1. The van der Waals surface area contributed by atoms with Gasteiger partial charge in [0, 0.05) is 15.6 Å². The van der Waals surface area contributed by atoms with Gasteiger partial charge in [0.05, 0.1) is 16.2 Å². The molecule has 2 heterocycles. The van der Waals surface area contributed by atoms with Gasteiger partial charge in [-0.1, -0.05) is 34.8 Å². The number of hydrogen-bond acceptors (Lipinski definition) is 3. The smallest absolute Gasteiger partial charge is 0.183 e. The SMILES string of the molecule is Cc1nc(-c2cc(Cl)ccc2Cl)n2c1nnc1ccc(Cl)cc12. The first-order chi connectivity index (χ1) is 11.0. The molecule has 0 radical (unpaired) electrons. The normalized spacial score (nSPS) is 11.5. The number of fused-ring (bicyclic) bond motifs is 3. The van der Waals surface area contributed by atoms with Crippen LogP contribution in [-0.2, 0) is 0 Å². The molecule has 2 aromatic carbocycles. The van der Waals surface area contributed by atoms with Gasteiger partial charge in [-0.25, -0.2) is 4.98 Å². The van der Waals surface area contributed by atoms with Crippen LogP contribution in [0.1, 0.15) is 5.69 Å². The summed E-state index contributed by atoms with van der Waals surface area (Å²) in [7, 11) is 0. The lowest BCUT2D eigenvalue weighted by Crippen LogP contribution is -1.97. The fraction of sp³-hybridized carbons (Fsp3) is 0.0625. The fourth-order valence-electron chi connectivity index (χ4n) is 2.58. The highest BCUT2D eigenvalue weighted by Gasteiger charge is 2.17. The van der Waals surface area contributed by atoms with E-state index in [-0.39, 0.29) is 0 Å². The molecule has 0 saturated carbocycles. The van der Waals surface area contributed by atoms with Crippen LogP contribution < -0.4 is 0 Å². The zero-order valence-electron chi connectivity index (χ0n) is 11.9. The first-order valence-corrected chi connectivity index (χ1v) is 7.94. The minimum absolute atomic E-state index is 0.563. The molecule has 0 saturated heterocycles. The van der Waals surface area contributed by atoms with Crippen molar-refractivity contribution in [3.05, 3.63) is 57.2 Å². The Labute approximate surface area is 146 Å². The van der Waals surface area contributed by atoms with Crippen molar-refractivity contribution in [1.29, 1.82) is 0 Å². The molecule has 0 aliphatic heterocycles. The average Bonchev–Trinajstić information content (AvgIpc) is 2.87. The van der Waals surface area contributed by atoms with E-state index in [9.17, 15) is 0 Å². The monoisotopic (exact) mass is 362 g/mol. The second kappa shape index (κ2) is 5.34. The van der Waals surface area contributed by atoms with Crippen LogP contribution in [0.25, 0.3) is 28.1 Å². The van der Waals surface area contributed by atoms with Gasteiger partial charge >= 0.3 is 0 Å². The quantitative estimate of drug-likeness (QED) is 0.466. The van der Waals surface area contributed by atoms with Crippen molar-refractivity contribution in [2.45, 2.75) is 6.92 Å². The lowest BCUT2D eigenvalue weighted by Gasteiger charge is -2.07. The van der Waals surface area contributed by atoms with Gasteiger partial charge in [0.25, 0.3) is 0 Å². The van der Waals surface area contributed by atoms with Crippen LogP contribution in [0.2, 0.25) is 15.1 Å². The molecule has 0 atom stereocenters. The standard InChI is InChI=1S/C16H9Cl3N4/c1-8-15-22-21-13-5-3-10(18)7-14(13)23(15)16(20-8)11-6-9(17)2-4-12(11)19/h2-7H,1H3. The Kier molecular flexibility index (Phi) is 3.41. The Balaban J connectivity index is 2.19. The molecule has 0 fully saturated rings. The third-order valence-corrected chi connectivity index (χ3v) is 4.42. The van der Waals surface area contributed by atoms with Crippen LogP contribution in [0, 0.1) is 6.92 Å². The van der Waals surface area contributed by atoms with Crippen molar-refractivity contribution in [3.63, 3.8) is 0 Å². The zero-order valence-corrected chi connectivity index (χ0v) is 14.2. The highest BCUT2D eigenvalue weighted by molar-refractivity contribution is 6.35. The largest absolute Gasteiger partial charge is 0.273 e. The van der Waals surface area contributed by atoms with Crippen molar-refractivity contribution in [2.75, 3.05) is 0 Å². The summed E-state index contributed by atoms with van der Waals surface area (Å²) < 4.78 is 1.90. The van der Waals surface area contributed by atoms with E-state index in [1.165, 1.54) is 0 Å². The second-order valence-corrected chi connectivity index (χ2v) is 6.42. The summed E-state index contributed by atoms with van der Waals surface area (Å²) in [6, 6.07) is 10.7. The van der Waals surface area contributed by atoms with E-state index < -0.39 is 0 Å². The van der Waals surface area contributed by atoms with Crippen LogP contribution in [0.5, 0.6) is 0 Å². The van der Waals surface area contributed by atoms with Gasteiger partial charge in [-0.3, -0.25) is 4.40 Å². The van der Waals surface area contributed by atoms with E-state index in [0.29, 0.717) is 26.5 Å².